The molecule has 1 unspecified atom stereocenters. The first-order valence-electron chi connectivity index (χ1n) is 3.75. The van der Waals surface area contributed by atoms with Crippen molar-refractivity contribution in [3.63, 3.8) is 0 Å². The molecule has 0 aliphatic rings. The molecule has 0 aliphatic carbocycles. The highest BCUT2D eigenvalue weighted by molar-refractivity contribution is 9.10. The van der Waals surface area contributed by atoms with Gasteiger partial charge in [0.15, 0.2) is 6.10 Å². The molecule has 0 bridgehead atoms. The summed E-state index contributed by atoms with van der Waals surface area (Å²) in [6.45, 7) is 0.932. The molecule has 0 aliphatic heterocycles. The molecule has 0 spiro atoms. The fourth-order valence-corrected chi connectivity index (χ4v) is 1.04. The number of hydrogen-bond donors (Lipinski definition) is 0. The van der Waals surface area contributed by atoms with Crippen LogP contribution in [0.2, 0.25) is 0 Å². The van der Waals surface area contributed by atoms with Crippen LogP contribution < -0.4 is 4.74 Å². The number of hydrogen-bond acceptors (Lipinski definition) is 2. The second-order valence-corrected chi connectivity index (χ2v) is 3.45. The molecule has 78 valence electrons. The minimum Gasteiger partial charge on any atom is -0.464 e. The third-order valence-electron chi connectivity index (χ3n) is 1.47. The summed E-state index contributed by atoms with van der Waals surface area (Å²) in [5.41, 5.74) is 0. The zero-order chi connectivity index (χ0) is 10.8. The number of ether oxygens (including phenoxy) is 1. The minimum absolute atomic E-state index is 0.0580. The van der Waals surface area contributed by atoms with Crippen molar-refractivity contribution in [2.24, 2.45) is 0 Å². The molecule has 6 heteroatoms. The second-order valence-electron chi connectivity index (χ2n) is 2.59. The van der Waals surface area contributed by atoms with Gasteiger partial charge in [-0.2, -0.15) is 13.2 Å². The number of nitrogens with zero attached hydrogens (tertiary/aromatic N) is 1. The van der Waals surface area contributed by atoms with E-state index in [2.05, 4.69) is 25.7 Å². The summed E-state index contributed by atoms with van der Waals surface area (Å²) in [5, 5.41) is 0. The zero-order valence-corrected chi connectivity index (χ0v) is 8.76. The van der Waals surface area contributed by atoms with Gasteiger partial charge in [0.05, 0.1) is 4.47 Å². The molecule has 1 heterocycles. The molecular weight excluding hydrogens is 263 g/mol. The van der Waals surface area contributed by atoms with Gasteiger partial charge in [-0.3, -0.25) is 0 Å². The van der Waals surface area contributed by atoms with E-state index in [1.54, 1.807) is 12.1 Å². The minimum atomic E-state index is -4.38. The van der Waals surface area contributed by atoms with E-state index in [0.29, 0.717) is 4.47 Å². The van der Waals surface area contributed by atoms with Crippen LogP contribution in [0.3, 0.4) is 0 Å². The topological polar surface area (TPSA) is 22.1 Å². The highest BCUT2D eigenvalue weighted by Crippen LogP contribution is 2.27. The Kier molecular flexibility index (Phi) is 3.36. The van der Waals surface area contributed by atoms with Gasteiger partial charge >= 0.3 is 6.18 Å². The van der Waals surface area contributed by atoms with Crippen LogP contribution in [-0.4, -0.2) is 17.3 Å². The van der Waals surface area contributed by atoms with E-state index in [1.807, 2.05) is 0 Å². The molecule has 14 heavy (non-hydrogen) atoms. The molecule has 0 fully saturated rings. The Morgan fingerprint density at radius 3 is 2.64 bits per heavy atom. The largest absolute Gasteiger partial charge is 0.464 e. The molecule has 1 rings (SSSR count). The monoisotopic (exact) mass is 269 g/mol. The normalized spacial score (nSPS) is 13.8. The van der Waals surface area contributed by atoms with Gasteiger partial charge in [0.25, 0.3) is 0 Å². The van der Waals surface area contributed by atoms with Gasteiger partial charge in [-0.1, -0.05) is 0 Å². The Labute approximate surface area is 87.2 Å². The Balaban J connectivity index is 2.75. The zero-order valence-electron chi connectivity index (χ0n) is 7.18. The van der Waals surface area contributed by atoms with Gasteiger partial charge in [0.2, 0.25) is 5.88 Å². The Bertz CT molecular complexity index is 316. The SMILES string of the molecule is CC(Oc1ncccc1Br)C(F)(F)F. The van der Waals surface area contributed by atoms with E-state index < -0.39 is 12.3 Å². The molecule has 2 nitrogen and oxygen atoms in total. The van der Waals surface area contributed by atoms with Gasteiger partial charge in [-0.15, -0.1) is 0 Å². The second kappa shape index (κ2) is 4.16. The Hall–Kier alpha value is -0.780. The van der Waals surface area contributed by atoms with Crippen LogP contribution in [0, 0.1) is 0 Å². The number of alkyl halides is 3. The third-order valence-corrected chi connectivity index (χ3v) is 2.08. The van der Waals surface area contributed by atoms with Crippen molar-refractivity contribution >= 4 is 15.9 Å². The average molecular weight is 270 g/mol. The molecule has 1 aromatic rings. The van der Waals surface area contributed by atoms with Crippen LogP contribution in [-0.2, 0) is 0 Å². The van der Waals surface area contributed by atoms with Gasteiger partial charge in [-0.05, 0) is 35.0 Å². The molecular formula is C8H7BrF3NO. The summed E-state index contributed by atoms with van der Waals surface area (Å²) < 4.78 is 41.3. The van der Waals surface area contributed by atoms with Crippen LogP contribution in [0.5, 0.6) is 5.88 Å². The van der Waals surface area contributed by atoms with E-state index in [1.165, 1.54) is 6.20 Å². The molecule has 0 amide bonds. The molecule has 1 aromatic heterocycles. The Morgan fingerprint density at radius 1 is 1.50 bits per heavy atom. The maximum absolute atomic E-state index is 12.1. The predicted molar refractivity (Wildman–Crippen MR) is 48.1 cm³/mol. The van der Waals surface area contributed by atoms with Crippen molar-refractivity contribution < 1.29 is 17.9 Å². The lowest BCUT2D eigenvalue weighted by Gasteiger charge is -2.17. The van der Waals surface area contributed by atoms with Crippen molar-refractivity contribution in [3.05, 3.63) is 22.8 Å². The maximum atomic E-state index is 12.1. The first-order chi connectivity index (χ1) is 6.41. The van der Waals surface area contributed by atoms with Crippen molar-refractivity contribution in [1.82, 2.24) is 4.98 Å². The van der Waals surface area contributed by atoms with E-state index in [4.69, 9.17) is 0 Å². The summed E-state index contributed by atoms with van der Waals surface area (Å²) >= 11 is 3.04. The van der Waals surface area contributed by atoms with Crippen LogP contribution in [0.1, 0.15) is 6.92 Å². The van der Waals surface area contributed by atoms with Gasteiger partial charge in [-0.25, -0.2) is 4.98 Å². The van der Waals surface area contributed by atoms with Crippen LogP contribution in [0.25, 0.3) is 0 Å². The lowest BCUT2D eigenvalue weighted by molar-refractivity contribution is -0.190. The number of pyridine rings is 1. The van der Waals surface area contributed by atoms with Gasteiger partial charge in [0.1, 0.15) is 0 Å². The summed E-state index contributed by atoms with van der Waals surface area (Å²) in [7, 11) is 0. The first kappa shape index (κ1) is 11.3. The highest BCUT2D eigenvalue weighted by atomic mass is 79.9. The van der Waals surface area contributed by atoms with Crippen LogP contribution >= 0.6 is 15.9 Å². The van der Waals surface area contributed by atoms with Crippen molar-refractivity contribution in [2.75, 3.05) is 0 Å². The molecule has 0 aromatic carbocycles. The summed E-state index contributed by atoms with van der Waals surface area (Å²) in [6, 6.07) is 3.15. The fourth-order valence-electron chi connectivity index (χ4n) is 0.692. The van der Waals surface area contributed by atoms with Crippen LogP contribution in [0.15, 0.2) is 22.8 Å². The van der Waals surface area contributed by atoms with Gasteiger partial charge < -0.3 is 4.74 Å². The summed E-state index contributed by atoms with van der Waals surface area (Å²) in [5.74, 6) is -0.0580. The fraction of sp³-hybridized carbons (Fsp3) is 0.375. The lowest BCUT2D eigenvalue weighted by atomic mass is 10.4. The van der Waals surface area contributed by atoms with E-state index in [0.717, 1.165) is 6.92 Å². The van der Waals surface area contributed by atoms with Gasteiger partial charge in [0, 0.05) is 6.20 Å². The van der Waals surface area contributed by atoms with Crippen molar-refractivity contribution in [3.8, 4) is 5.88 Å². The first-order valence-corrected chi connectivity index (χ1v) is 4.54. The molecule has 0 saturated carbocycles. The van der Waals surface area contributed by atoms with E-state index >= 15 is 0 Å². The predicted octanol–water partition coefficient (Wildman–Crippen LogP) is 3.17. The number of rotatable bonds is 2. The standard InChI is InChI=1S/C8H7BrF3NO/c1-5(8(10,11)12)14-7-6(9)3-2-4-13-7/h2-5H,1H3. The number of halogens is 4. The van der Waals surface area contributed by atoms with Crippen molar-refractivity contribution in [1.29, 1.82) is 0 Å². The Morgan fingerprint density at radius 2 is 2.14 bits per heavy atom. The summed E-state index contributed by atoms with van der Waals surface area (Å²) in [4.78, 5) is 3.66. The maximum Gasteiger partial charge on any atom is 0.425 e. The number of aromatic nitrogens is 1. The molecule has 0 radical (unpaired) electrons. The quantitative estimate of drug-likeness (QED) is 0.823. The van der Waals surface area contributed by atoms with E-state index in [9.17, 15) is 13.2 Å². The molecule has 1 atom stereocenters. The average Bonchev–Trinajstić information content (AvgIpc) is 2.07. The smallest absolute Gasteiger partial charge is 0.425 e. The third kappa shape index (κ3) is 2.87. The molecule has 0 N–H and O–H groups in total. The van der Waals surface area contributed by atoms with E-state index in [-0.39, 0.29) is 5.88 Å². The molecule has 0 saturated heterocycles. The van der Waals surface area contributed by atoms with Crippen LogP contribution in [0.4, 0.5) is 13.2 Å². The lowest BCUT2D eigenvalue weighted by Crippen LogP contribution is -2.31. The summed E-state index contributed by atoms with van der Waals surface area (Å²) in [6.07, 6.45) is -4.88. The highest BCUT2D eigenvalue weighted by Gasteiger charge is 2.38. The van der Waals surface area contributed by atoms with Crippen molar-refractivity contribution in [2.45, 2.75) is 19.2 Å².